The highest BCUT2D eigenvalue weighted by Crippen LogP contribution is 2.61. The lowest BCUT2D eigenvalue weighted by Crippen LogP contribution is -2.46. The highest BCUT2D eigenvalue weighted by atomic mass is 32.2. The molecule has 23 nitrogen and oxygen atoms in total. The van der Waals surface area contributed by atoms with Crippen LogP contribution in [0.2, 0.25) is 0 Å². The molecule has 2 aromatic rings. The number of hydrogen-bond acceptors (Lipinski definition) is 17. The zero-order valence-corrected chi connectivity index (χ0v) is 38.9. The van der Waals surface area contributed by atoms with Crippen molar-refractivity contribution in [1.82, 2.24) is 30.2 Å². The molecule has 1 saturated heterocycles. The first-order valence-corrected chi connectivity index (χ1v) is 26.3. The largest absolute Gasteiger partial charge is 0.481 e. The second-order valence-electron chi connectivity index (χ2n) is 15.6. The third-order valence-electron chi connectivity index (χ3n) is 9.79. The summed E-state index contributed by atoms with van der Waals surface area (Å²) in [4.78, 5) is 76.0. The van der Waals surface area contributed by atoms with Crippen LogP contribution in [0.4, 0.5) is 5.82 Å². The minimum Gasteiger partial charge on any atom is -0.386 e. The van der Waals surface area contributed by atoms with Gasteiger partial charge in [0.25, 0.3) is 0 Å². The molecular weight excluding hydrogens is 899 g/mol. The van der Waals surface area contributed by atoms with E-state index in [1.807, 2.05) is 0 Å². The Morgan fingerprint density at radius 3 is 2.15 bits per heavy atom. The second-order valence-corrected chi connectivity index (χ2v) is 21.0. The minimum atomic E-state index is -5.55. The van der Waals surface area contributed by atoms with Gasteiger partial charge in [-0.1, -0.05) is 91.4 Å². The van der Waals surface area contributed by atoms with E-state index in [-0.39, 0.29) is 35.9 Å². The minimum absolute atomic E-state index is 0.0321. The summed E-state index contributed by atoms with van der Waals surface area (Å²) in [7, 11) is -16.3. The molecular formula is C35H64N7O16P3S. The number of phosphoric acid groups is 3. The summed E-state index contributed by atoms with van der Waals surface area (Å²) in [6.45, 7) is 3.21. The highest BCUT2D eigenvalue weighted by Gasteiger charge is 2.50. The van der Waals surface area contributed by atoms with E-state index < -0.39 is 78.6 Å². The van der Waals surface area contributed by atoms with Crippen molar-refractivity contribution < 1.29 is 75.7 Å². The van der Waals surface area contributed by atoms with Gasteiger partial charge in [-0.3, -0.25) is 27.7 Å². The Morgan fingerprint density at radius 2 is 1.52 bits per heavy atom. The van der Waals surface area contributed by atoms with Gasteiger partial charge in [0.15, 0.2) is 17.7 Å². The van der Waals surface area contributed by atoms with Gasteiger partial charge in [0.2, 0.25) is 11.8 Å². The first kappa shape index (κ1) is 54.2. The van der Waals surface area contributed by atoms with E-state index in [4.69, 9.17) is 19.5 Å². The number of thioether (sulfide) groups is 1. The summed E-state index contributed by atoms with van der Waals surface area (Å²) in [6, 6.07) is 0. The number of unbranched alkanes of at least 4 members (excludes halogenated alkanes) is 11. The van der Waals surface area contributed by atoms with Gasteiger partial charge in [0.1, 0.15) is 36.3 Å². The van der Waals surface area contributed by atoms with Crippen molar-refractivity contribution in [3.8, 4) is 0 Å². The molecule has 2 amide bonds. The lowest BCUT2D eigenvalue weighted by Gasteiger charge is -2.30. The van der Waals surface area contributed by atoms with Crippen molar-refractivity contribution in [3.05, 3.63) is 12.7 Å². The molecule has 1 aliphatic rings. The number of aliphatic hydroxyl groups is 2. The van der Waals surface area contributed by atoms with E-state index in [2.05, 4.69) is 41.3 Å². The number of nitrogens with zero attached hydrogens (tertiary/aromatic N) is 4. The molecule has 10 N–H and O–H groups in total. The maximum absolute atomic E-state index is 12.7. The number of aromatic nitrogens is 4. The van der Waals surface area contributed by atoms with Crippen LogP contribution in [-0.2, 0) is 45.9 Å². The summed E-state index contributed by atoms with van der Waals surface area (Å²) in [5.74, 6) is 0.531. The SMILES string of the molecule is CCCCCCCCCCCCCCSCCNC(=O)CCNC(=O)C(O)C(C)(C)COP(=O)(O)OP(=O)(O)OC[C@H]1O[C@@H](n2cnc3c(N)ncnc32)[C@H](O)[C@@H]1OP(=O)(O)O. The van der Waals surface area contributed by atoms with Crippen molar-refractivity contribution in [1.29, 1.82) is 0 Å². The standard InChI is InChI=1S/C35H64N7O16P3S/c1-4-5-6-7-8-9-10-11-12-13-14-15-19-62-20-18-37-26(43)16-17-38-33(46)30(45)35(2,3)22-55-61(52,53)58-60(50,51)54-21-25-29(57-59(47,48)49)28(44)34(56-25)42-24-41-27-31(36)39-23-40-32(27)42/h23-25,28-30,34,44-45H,4-22H2,1-3H3,(H,37,43)(H,38,46)(H,50,51)(H,52,53)(H2,36,39,40)(H2,47,48,49)/t25-,28-,29-,30?,34-/m1/s1. The average Bonchev–Trinajstić information content (AvgIpc) is 3.75. The molecule has 2 aromatic heterocycles. The molecule has 3 rings (SSSR count). The van der Waals surface area contributed by atoms with E-state index >= 15 is 0 Å². The fourth-order valence-electron chi connectivity index (χ4n) is 6.35. The van der Waals surface area contributed by atoms with Crippen LogP contribution in [-0.4, -0.2) is 123 Å². The smallest absolute Gasteiger partial charge is 0.386 e. The highest BCUT2D eigenvalue weighted by molar-refractivity contribution is 7.99. The molecule has 1 fully saturated rings. The lowest BCUT2D eigenvalue weighted by molar-refractivity contribution is -0.137. The van der Waals surface area contributed by atoms with Gasteiger partial charge < -0.3 is 50.9 Å². The molecule has 1 aliphatic heterocycles. The number of hydrogen-bond donors (Lipinski definition) is 9. The number of rotatable bonds is 32. The number of aliphatic hydroxyl groups excluding tert-OH is 2. The van der Waals surface area contributed by atoms with Gasteiger partial charge in [-0.15, -0.1) is 0 Å². The van der Waals surface area contributed by atoms with Crippen molar-refractivity contribution >= 4 is 64.0 Å². The monoisotopic (exact) mass is 963 g/mol. The fraction of sp³-hybridized carbons (Fsp3) is 0.800. The summed E-state index contributed by atoms with van der Waals surface area (Å²) >= 11 is 1.77. The predicted molar refractivity (Wildman–Crippen MR) is 228 cm³/mol. The van der Waals surface area contributed by atoms with Gasteiger partial charge in [-0.25, -0.2) is 28.6 Å². The fourth-order valence-corrected chi connectivity index (χ4v) is 10.0. The Morgan fingerprint density at radius 1 is 0.903 bits per heavy atom. The van der Waals surface area contributed by atoms with E-state index in [0.29, 0.717) is 6.54 Å². The number of nitrogens with two attached hydrogens (primary N) is 1. The summed E-state index contributed by atoms with van der Waals surface area (Å²) in [5, 5.41) is 26.7. The normalized spacial score (nSPS) is 20.8. The van der Waals surface area contributed by atoms with Crippen molar-refractivity contribution in [2.75, 3.05) is 43.5 Å². The molecule has 3 heterocycles. The number of carbonyl (C=O) groups is 2. The van der Waals surface area contributed by atoms with E-state index in [1.165, 1.54) is 84.5 Å². The summed E-state index contributed by atoms with van der Waals surface area (Å²) in [6.07, 6.45) is 8.83. The number of ether oxygens (including phenoxy) is 1. The average molecular weight is 964 g/mol. The van der Waals surface area contributed by atoms with Gasteiger partial charge in [-0.05, 0) is 12.2 Å². The molecule has 0 bridgehead atoms. The Labute approximate surface area is 365 Å². The van der Waals surface area contributed by atoms with E-state index in [1.54, 1.807) is 11.8 Å². The second kappa shape index (κ2) is 26.1. The Kier molecular flexibility index (Phi) is 22.9. The number of imidazole rings is 1. The van der Waals surface area contributed by atoms with E-state index in [0.717, 1.165) is 35.1 Å². The molecule has 0 spiro atoms. The van der Waals surface area contributed by atoms with Crippen LogP contribution in [0.5, 0.6) is 0 Å². The zero-order valence-electron chi connectivity index (χ0n) is 35.4. The molecule has 0 aromatic carbocycles. The Hall–Kier alpha value is -2.11. The van der Waals surface area contributed by atoms with Crippen LogP contribution in [0.15, 0.2) is 12.7 Å². The molecule has 0 saturated carbocycles. The quantitative estimate of drug-likeness (QED) is 0.0371. The Balaban J connectivity index is 1.34. The predicted octanol–water partition coefficient (Wildman–Crippen LogP) is 3.84. The molecule has 3 unspecified atom stereocenters. The third-order valence-corrected chi connectivity index (χ3v) is 14.0. The summed E-state index contributed by atoms with van der Waals surface area (Å²) < 4.78 is 62.4. The number of nitrogens with one attached hydrogen (secondary N) is 2. The van der Waals surface area contributed by atoms with Gasteiger partial charge >= 0.3 is 23.5 Å². The van der Waals surface area contributed by atoms with Gasteiger partial charge in [-0.2, -0.15) is 16.1 Å². The number of nitrogen functional groups attached to an aromatic ring is 1. The first-order chi connectivity index (χ1) is 29.2. The topological polar surface area (TPSA) is 347 Å². The number of amides is 2. The van der Waals surface area contributed by atoms with Crippen LogP contribution < -0.4 is 16.4 Å². The maximum Gasteiger partial charge on any atom is 0.481 e. The molecule has 0 radical (unpaired) electrons. The van der Waals surface area contributed by atoms with Gasteiger partial charge in [0.05, 0.1) is 19.5 Å². The maximum atomic E-state index is 12.7. The zero-order chi connectivity index (χ0) is 46.0. The number of fused-ring (bicyclic) bond motifs is 1. The first-order valence-electron chi connectivity index (χ1n) is 20.6. The van der Waals surface area contributed by atoms with Crippen LogP contribution >= 0.6 is 35.2 Å². The third kappa shape index (κ3) is 19.2. The molecule has 27 heteroatoms. The van der Waals surface area contributed by atoms with Gasteiger partial charge in [0, 0.05) is 30.7 Å². The lowest BCUT2D eigenvalue weighted by atomic mass is 9.87. The molecule has 0 aliphatic carbocycles. The van der Waals surface area contributed by atoms with Crippen LogP contribution in [0.1, 0.15) is 110 Å². The van der Waals surface area contributed by atoms with Crippen molar-refractivity contribution in [3.63, 3.8) is 0 Å². The molecule has 62 heavy (non-hydrogen) atoms. The summed E-state index contributed by atoms with van der Waals surface area (Å²) in [5.41, 5.74) is 4.34. The molecule has 356 valence electrons. The van der Waals surface area contributed by atoms with Crippen molar-refractivity contribution in [2.24, 2.45) is 5.41 Å². The molecule has 7 atom stereocenters. The number of anilines is 1. The Bertz CT molecular complexity index is 1840. The van der Waals surface area contributed by atoms with E-state index in [9.17, 15) is 53.1 Å². The van der Waals surface area contributed by atoms with Crippen LogP contribution in [0.25, 0.3) is 11.2 Å². The van der Waals surface area contributed by atoms with Crippen molar-refractivity contribution in [2.45, 2.75) is 135 Å². The van der Waals surface area contributed by atoms with Crippen LogP contribution in [0.3, 0.4) is 0 Å². The number of phosphoric ester groups is 3. The number of carbonyl (C=O) groups excluding carboxylic acids is 2. The van der Waals surface area contributed by atoms with Crippen LogP contribution in [0, 0.1) is 5.41 Å².